The number of hydrogen-bond acceptors (Lipinski definition) is 3. The lowest BCUT2D eigenvalue weighted by Gasteiger charge is -2.26. The van der Waals surface area contributed by atoms with E-state index in [1.807, 2.05) is 0 Å². The summed E-state index contributed by atoms with van der Waals surface area (Å²) >= 11 is 5.80. The number of nitrogens with zero attached hydrogens (tertiary/aromatic N) is 1. The van der Waals surface area contributed by atoms with Crippen molar-refractivity contribution in [3.63, 3.8) is 0 Å². The van der Waals surface area contributed by atoms with Crippen LogP contribution in [0.2, 0.25) is 5.02 Å². The van der Waals surface area contributed by atoms with Crippen LogP contribution in [0.4, 0.5) is 4.39 Å². The second-order valence-electron chi connectivity index (χ2n) is 5.77. The molecule has 1 aliphatic rings. The molecule has 0 unspecified atom stereocenters. The minimum Gasteiger partial charge on any atom is -0.393 e. The molecule has 1 aromatic carbocycles. The van der Waals surface area contributed by atoms with E-state index in [1.165, 1.54) is 18.3 Å². The first-order valence-corrected chi connectivity index (χ1v) is 7.90. The van der Waals surface area contributed by atoms with E-state index in [0.717, 1.165) is 12.8 Å². The molecule has 1 aliphatic carbocycles. The Bertz CT molecular complexity index is 711. The molecular formula is C16H17ClFN3O2. The molecule has 3 N–H and O–H groups in total. The first-order valence-electron chi connectivity index (χ1n) is 7.52. The Kier molecular flexibility index (Phi) is 4.63. The normalized spacial score (nSPS) is 21.2. The van der Waals surface area contributed by atoms with Crippen molar-refractivity contribution in [1.82, 2.24) is 15.5 Å². The van der Waals surface area contributed by atoms with Crippen molar-refractivity contribution in [1.29, 1.82) is 0 Å². The lowest BCUT2D eigenvalue weighted by atomic mass is 9.93. The molecule has 3 rings (SSSR count). The summed E-state index contributed by atoms with van der Waals surface area (Å²) in [4.78, 5) is 12.5. The first kappa shape index (κ1) is 16.0. The predicted molar refractivity (Wildman–Crippen MR) is 84.7 cm³/mol. The van der Waals surface area contributed by atoms with Gasteiger partial charge in [-0.05, 0) is 43.9 Å². The molecule has 1 heterocycles. The van der Waals surface area contributed by atoms with Gasteiger partial charge in [0.25, 0.3) is 5.91 Å². The van der Waals surface area contributed by atoms with Crippen LogP contribution in [-0.2, 0) is 0 Å². The van der Waals surface area contributed by atoms with Gasteiger partial charge in [-0.2, -0.15) is 5.10 Å². The molecule has 0 bridgehead atoms. The van der Waals surface area contributed by atoms with Crippen LogP contribution in [0.5, 0.6) is 0 Å². The van der Waals surface area contributed by atoms with E-state index in [0.29, 0.717) is 29.7 Å². The second-order valence-corrected chi connectivity index (χ2v) is 6.17. The number of halogens is 2. The van der Waals surface area contributed by atoms with Gasteiger partial charge in [0.05, 0.1) is 28.6 Å². The minimum absolute atomic E-state index is 0.00951. The Labute approximate surface area is 137 Å². The van der Waals surface area contributed by atoms with E-state index >= 15 is 0 Å². The third kappa shape index (κ3) is 3.54. The quantitative estimate of drug-likeness (QED) is 0.805. The number of H-pyrrole nitrogens is 1. The monoisotopic (exact) mass is 337 g/mol. The van der Waals surface area contributed by atoms with Crippen LogP contribution in [0.1, 0.15) is 36.0 Å². The lowest BCUT2D eigenvalue weighted by molar-refractivity contribution is 0.0868. The highest BCUT2D eigenvalue weighted by molar-refractivity contribution is 6.31. The number of carbonyl (C=O) groups is 1. The molecular weight excluding hydrogens is 321 g/mol. The minimum atomic E-state index is -0.512. The molecule has 1 amide bonds. The zero-order valence-electron chi connectivity index (χ0n) is 12.4. The molecule has 0 atom stereocenters. The summed E-state index contributed by atoms with van der Waals surface area (Å²) in [6.45, 7) is 0. The van der Waals surface area contributed by atoms with Crippen molar-refractivity contribution in [2.24, 2.45) is 0 Å². The molecule has 0 spiro atoms. The Morgan fingerprint density at radius 2 is 2.09 bits per heavy atom. The standard InChI is InChI=1S/C16H17ClFN3O2/c17-13-7-9(1-6-14(13)18)15-12(8-19-21-15)16(23)20-10-2-4-11(22)5-3-10/h1,6-8,10-11,22H,2-5H2,(H,19,21)(H,20,23). The fourth-order valence-electron chi connectivity index (χ4n) is 2.81. The van der Waals surface area contributed by atoms with Crippen LogP contribution < -0.4 is 5.32 Å². The van der Waals surface area contributed by atoms with Gasteiger partial charge in [0.15, 0.2) is 0 Å². The highest BCUT2D eigenvalue weighted by atomic mass is 35.5. The van der Waals surface area contributed by atoms with Crippen LogP contribution in [0, 0.1) is 5.82 Å². The molecule has 0 aliphatic heterocycles. The highest BCUT2D eigenvalue weighted by Gasteiger charge is 2.23. The number of aliphatic hydroxyl groups is 1. The summed E-state index contributed by atoms with van der Waals surface area (Å²) < 4.78 is 13.3. The summed E-state index contributed by atoms with van der Waals surface area (Å²) in [6, 6.07) is 4.30. The second kappa shape index (κ2) is 6.68. The van der Waals surface area contributed by atoms with Crippen molar-refractivity contribution in [2.45, 2.75) is 37.8 Å². The van der Waals surface area contributed by atoms with Crippen LogP contribution in [0.3, 0.4) is 0 Å². The summed E-state index contributed by atoms with van der Waals surface area (Å²) in [6.07, 6.45) is 4.06. The number of aliphatic hydroxyl groups excluding tert-OH is 1. The van der Waals surface area contributed by atoms with Crippen molar-refractivity contribution >= 4 is 17.5 Å². The lowest BCUT2D eigenvalue weighted by Crippen LogP contribution is -2.38. The van der Waals surface area contributed by atoms with Crippen molar-refractivity contribution in [3.8, 4) is 11.3 Å². The molecule has 1 saturated carbocycles. The van der Waals surface area contributed by atoms with Crippen LogP contribution in [0.25, 0.3) is 11.3 Å². The van der Waals surface area contributed by atoms with Crippen molar-refractivity contribution in [2.75, 3.05) is 0 Å². The van der Waals surface area contributed by atoms with Crippen LogP contribution in [0.15, 0.2) is 24.4 Å². The van der Waals surface area contributed by atoms with Gasteiger partial charge < -0.3 is 10.4 Å². The van der Waals surface area contributed by atoms with E-state index in [-0.39, 0.29) is 23.1 Å². The zero-order valence-corrected chi connectivity index (χ0v) is 13.1. The Balaban J connectivity index is 1.77. The molecule has 5 nitrogen and oxygen atoms in total. The number of rotatable bonds is 3. The number of aromatic amines is 1. The molecule has 2 aromatic rings. The van der Waals surface area contributed by atoms with Gasteiger partial charge in [0, 0.05) is 11.6 Å². The van der Waals surface area contributed by atoms with E-state index in [4.69, 9.17) is 11.6 Å². The molecule has 0 radical (unpaired) electrons. The number of benzene rings is 1. The summed E-state index contributed by atoms with van der Waals surface area (Å²) in [5.41, 5.74) is 1.48. The van der Waals surface area contributed by atoms with Crippen molar-refractivity contribution < 1.29 is 14.3 Å². The largest absolute Gasteiger partial charge is 0.393 e. The van der Waals surface area contributed by atoms with Gasteiger partial charge >= 0.3 is 0 Å². The predicted octanol–water partition coefficient (Wildman–Crippen LogP) is 2.90. The fourth-order valence-corrected chi connectivity index (χ4v) is 2.99. The summed E-state index contributed by atoms with van der Waals surface area (Å²) in [5, 5.41) is 19.1. The van der Waals surface area contributed by atoms with Gasteiger partial charge in [0.1, 0.15) is 5.82 Å². The third-order valence-electron chi connectivity index (χ3n) is 4.12. The van der Waals surface area contributed by atoms with Crippen LogP contribution in [-0.4, -0.2) is 33.4 Å². The van der Waals surface area contributed by atoms with Gasteiger partial charge in [0.2, 0.25) is 0 Å². The number of carbonyl (C=O) groups excluding carboxylic acids is 1. The first-order chi connectivity index (χ1) is 11.0. The topological polar surface area (TPSA) is 78.0 Å². The SMILES string of the molecule is O=C(NC1CCC(O)CC1)c1cn[nH]c1-c1ccc(F)c(Cl)c1. The van der Waals surface area contributed by atoms with E-state index < -0.39 is 5.82 Å². The van der Waals surface area contributed by atoms with Gasteiger partial charge in [-0.1, -0.05) is 11.6 Å². The van der Waals surface area contributed by atoms with Gasteiger partial charge in [-0.15, -0.1) is 0 Å². The Morgan fingerprint density at radius 1 is 1.35 bits per heavy atom. The maximum Gasteiger partial charge on any atom is 0.255 e. The maximum atomic E-state index is 13.3. The number of nitrogens with one attached hydrogen (secondary N) is 2. The Morgan fingerprint density at radius 3 is 2.78 bits per heavy atom. The van der Waals surface area contributed by atoms with Crippen molar-refractivity contribution in [3.05, 3.63) is 40.8 Å². The number of aromatic nitrogens is 2. The summed E-state index contributed by atoms with van der Waals surface area (Å²) in [5.74, 6) is -0.753. The zero-order chi connectivity index (χ0) is 16.4. The average molecular weight is 338 g/mol. The van der Waals surface area contributed by atoms with Gasteiger partial charge in [-0.3, -0.25) is 9.89 Å². The molecule has 122 valence electrons. The Hall–Kier alpha value is -1.92. The van der Waals surface area contributed by atoms with E-state index in [9.17, 15) is 14.3 Å². The number of amides is 1. The summed E-state index contributed by atoms with van der Waals surface area (Å²) in [7, 11) is 0. The third-order valence-corrected chi connectivity index (χ3v) is 4.41. The molecule has 1 fully saturated rings. The van der Waals surface area contributed by atoms with Crippen LogP contribution >= 0.6 is 11.6 Å². The molecule has 1 aromatic heterocycles. The molecule has 0 saturated heterocycles. The van der Waals surface area contributed by atoms with E-state index in [1.54, 1.807) is 6.07 Å². The average Bonchev–Trinajstić information content (AvgIpc) is 3.02. The molecule has 23 heavy (non-hydrogen) atoms. The van der Waals surface area contributed by atoms with E-state index in [2.05, 4.69) is 15.5 Å². The fraction of sp³-hybridized carbons (Fsp3) is 0.375. The molecule has 7 heteroatoms. The smallest absolute Gasteiger partial charge is 0.255 e. The number of hydrogen-bond donors (Lipinski definition) is 3. The van der Waals surface area contributed by atoms with Gasteiger partial charge in [-0.25, -0.2) is 4.39 Å². The maximum absolute atomic E-state index is 13.3. The highest BCUT2D eigenvalue weighted by Crippen LogP contribution is 2.26.